The maximum absolute atomic E-state index is 13.6. The number of pyridine rings is 1. The van der Waals surface area contributed by atoms with E-state index in [1.165, 1.54) is 32.1 Å². The molecule has 0 unspecified atom stereocenters. The van der Waals surface area contributed by atoms with Crippen LogP contribution in [0.1, 0.15) is 79.9 Å². The topological polar surface area (TPSA) is 72.0 Å². The number of ether oxygens (including phenoxy) is 2. The second-order valence-electron chi connectivity index (χ2n) is 13.5. The summed E-state index contributed by atoms with van der Waals surface area (Å²) in [6.07, 6.45) is 9.39. The fourth-order valence-corrected chi connectivity index (χ4v) is 6.09. The summed E-state index contributed by atoms with van der Waals surface area (Å²) in [5, 5.41) is 0. The largest absolute Gasteiger partial charge is 0.497 e. The zero-order valence-corrected chi connectivity index (χ0v) is 28.2. The van der Waals surface area contributed by atoms with E-state index in [0.29, 0.717) is 36.9 Å². The van der Waals surface area contributed by atoms with Gasteiger partial charge < -0.3 is 19.3 Å². The van der Waals surface area contributed by atoms with Gasteiger partial charge in [0.25, 0.3) is 5.91 Å². The molecule has 0 radical (unpaired) electrons. The molecule has 5 rings (SSSR count). The molecular weight excluding hydrogens is 586 g/mol. The van der Waals surface area contributed by atoms with Crippen LogP contribution in [0.25, 0.3) is 11.1 Å². The predicted octanol–water partition coefficient (Wildman–Crippen LogP) is 8.92. The quantitative estimate of drug-likeness (QED) is 0.165. The van der Waals surface area contributed by atoms with Crippen LogP contribution in [0.4, 0.5) is 4.79 Å². The lowest BCUT2D eigenvalue weighted by Gasteiger charge is -2.32. The summed E-state index contributed by atoms with van der Waals surface area (Å²) in [6.45, 7) is 7.92. The molecule has 0 aliphatic heterocycles. The van der Waals surface area contributed by atoms with Crippen molar-refractivity contribution in [1.29, 1.82) is 0 Å². The van der Waals surface area contributed by atoms with Crippen molar-refractivity contribution in [2.24, 2.45) is 5.92 Å². The highest BCUT2D eigenvalue weighted by Gasteiger charge is 2.26. The molecular formula is C40H47N3O4. The van der Waals surface area contributed by atoms with Crippen LogP contribution in [0.5, 0.6) is 5.75 Å². The Labute approximate surface area is 279 Å². The molecule has 246 valence electrons. The van der Waals surface area contributed by atoms with E-state index in [1.807, 2.05) is 42.7 Å². The maximum atomic E-state index is 13.6. The lowest BCUT2D eigenvalue weighted by Crippen LogP contribution is -2.39. The number of carbonyl (C=O) groups excluding carboxylic acids is 2. The molecule has 0 spiro atoms. The third kappa shape index (κ3) is 9.92. The third-order valence-electron chi connectivity index (χ3n) is 8.56. The number of amides is 2. The van der Waals surface area contributed by atoms with Crippen LogP contribution in [-0.4, -0.2) is 46.0 Å². The fourth-order valence-electron chi connectivity index (χ4n) is 6.09. The average Bonchev–Trinajstić information content (AvgIpc) is 3.08. The molecule has 2 amide bonds. The van der Waals surface area contributed by atoms with E-state index in [-0.39, 0.29) is 12.0 Å². The van der Waals surface area contributed by atoms with Crippen LogP contribution in [0.2, 0.25) is 0 Å². The van der Waals surface area contributed by atoms with E-state index >= 15 is 0 Å². The highest BCUT2D eigenvalue weighted by Crippen LogP contribution is 2.27. The summed E-state index contributed by atoms with van der Waals surface area (Å²) < 4.78 is 11.1. The van der Waals surface area contributed by atoms with Crippen molar-refractivity contribution in [2.45, 2.75) is 78.1 Å². The van der Waals surface area contributed by atoms with E-state index in [1.54, 1.807) is 43.8 Å². The second kappa shape index (κ2) is 15.8. The van der Waals surface area contributed by atoms with Crippen LogP contribution >= 0.6 is 0 Å². The predicted molar refractivity (Wildman–Crippen MR) is 186 cm³/mol. The van der Waals surface area contributed by atoms with Gasteiger partial charge in [-0.25, -0.2) is 4.79 Å². The minimum atomic E-state index is -0.531. The van der Waals surface area contributed by atoms with E-state index in [4.69, 9.17) is 9.47 Å². The van der Waals surface area contributed by atoms with Gasteiger partial charge in [0, 0.05) is 44.1 Å². The molecule has 1 aromatic heterocycles. The van der Waals surface area contributed by atoms with Gasteiger partial charge in [-0.05, 0) is 97.7 Å². The molecule has 1 fully saturated rings. The average molecular weight is 634 g/mol. The Bertz CT molecular complexity index is 1570. The van der Waals surface area contributed by atoms with Crippen LogP contribution in [0, 0.1) is 5.92 Å². The van der Waals surface area contributed by atoms with Crippen LogP contribution in [0.3, 0.4) is 0 Å². The lowest BCUT2D eigenvalue weighted by molar-refractivity contribution is 0.0190. The van der Waals surface area contributed by atoms with Gasteiger partial charge >= 0.3 is 6.09 Å². The van der Waals surface area contributed by atoms with Crippen LogP contribution in [0.15, 0.2) is 97.3 Å². The smallest absolute Gasteiger partial charge is 0.410 e. The standard InChI is InChI=1S/C40H47N3O4/c1-40(2,3)47-39(45)43(27-30-9-6-5-7-10-30)28-32-14-18-35(19-15-32)34-16-12-31(13-17-34)26-42(29-33-11-8-24-41-25-33)38(44)36-20-22-37(46-4)23-21-36/h8,11-25,30H,5-7,9-10,26-29H2,1-4H3. The molecule has 7 nitrogen and oxygen atoms in total. The number of hydrogen-bond donors (Lipinski definition) is 0. The molecule has 0 saturated heterocycles. The summed E-state index contributed by atoms with van der Waals surface area (Å²) in [4.78, 5) is 34.7. The van der Waals surface area contributed by atoms with E-state index in [0.717, 1.165) is 34.4 Å². The number of methoxy groups -OCH3 is 1. The molecule has 1 aliphatic carbocycles. The minimum absolute atomic E-state index is 0.0555. The van der Waals surface area contributed by atoms with Crippen molar-refractivity contribution in [1.82, 2.24) is 14.8 Å². The Hall–Kier alpha value is -4.65. The van der Waals surface area contributed by atoms with Gasteiger partial charge in [0.1, 0.15) is 11.4 Å². The molecule has 0 bridgehead atoms. The summed E-state index contributed by atoms with van der Waals surface area (Å²) >= 11 is 0. The number of hydrogen-bond acceptors (Lipinski definition) is 5. The molecule has 1 aliphatic rings. The lowest BCUT2D eigenvalue weighted by atomic mass is 9.89. The zero-order chi connectivity index (χ0) is 33.2. The molecule has 4 aromatic rings. The fraction of sp³-hybridized carbons (Fsp3) is 0.375. The number of carbonyl (C=O) groups is 2. The zero-order valence-electron chi connectivity index (χ0n) is 28.2. The Morgan fingerprint density at radius 3 is 1.85 bits per heavy atom. The number of rotatable bonds is 11. The number of nitrogens with zero attached hydrogens (tertiary/aromatic N) is 3. The van der Waals surface area contributed by atoms with Gasteiger partial charge in [0.15, 0.2) is 0 Å². The van der Waals surface area contributed by atoms with Gasteiger partial charge in [0.05, 0.1) is 7.11 Å². The molecule has 47 heavy (non-hydrogen) atoms. The van der Waals surface area contributed by atoms with Crippen molar-refractivity contribution in [3.8, 4) is 16.9 Å². The van der Waals surface area contributed by atoms with Crippen LogP contribution in [-0.2, 0) is 24.4 Å². The Kier molecular flexibility index (Phi) is 11.3. The second-order valence-corrected chi connectivity index (χ2v) is 13.5. The maximum Gasteiger partial charge on any atom is 0.410 e. The Balaban J connectivity index is 1.27. The van der Waals surface area contributed by atoms with E-state index in [2.05, 4.69) is 53.5 Å². The number of benzene rings is 3. The van der Waals surface area contributed by atoms with Gasteiger partial charge in [-0.1, -0.05) is 73.9 Å². The Morgan fingerprint density at radius 1 is 0.745 bits per heavy atom. The Morgan fingerprint density at radius 2 is 1.32 bits per heavy atom. The van der Waals surface area contributed by atoms with Gasteiger partial charge in [-0.2, -0.15) is 0 Å². The molecule has 1 heterocycles. The first kappa shape index (κ1) is 33.7. The molecule has 1 saturated carbocycles. The molecule has 7 heteroatoms. The number of aromatic nitrogens is 1. The molecule has 0 atom stereocenters. The SMILES string of the molecule is COc1ccc(C(=O)N(Cc2ccc(-c3ccc(CN(CC4CCCCC4)C(=O)OC(C)(C)C)cc3)cc2)Cc2cccnc2)cc1. The first-order valence-electron chi connectivity index (χ1n) is 16.7. The third-order valence-corrected chi connectivity index (χ3v) is 8.56. The van der Waals surface area contributed by atoms with Crippen molar-refractivity contribution < 1.29 is 19.1 Å². The molecule has 0 N–H and O–H groups in total. The highest BCUT2D eigenvalue weighted by atomic mass is 16.6. The van der Waals surface area contributed by atoms with Gasteiger partial charge in [-0.3, -0.25) is 9.78 Å². The highest BCUT2D eigenvalue weighted by molar-refractivity contribution is 5.94. The first-order chi connectivity index (χ1) is 22.7. The summed E-state index contributed by atoms with van der Waals surface area (Å²) in [7, 11) is 1.61. The van der Waals surface area contributed by atoms with Crippen molar-refractivity contribution in [2.75, 3.05) is 13.7 Å². The summed E-state index contributed by atoms with van der Waals surface area (Å²) in [5.41, 5.74) is 5.34. The minimum Gasteiger partial charge on any atom is -0.497 e. The van der Waals surface area contributed by atoms with Crippen LogP contribution < -0.4 is 4.74 Å². The molecule has 3 aromatic carbocycles. The normalized spacial score (nSPS) is 13.5. The monoisotopic (exact) mass is 633 g/mol. The van der Waals surface area contributed by atoms with Crippen molar-refractivity contribution >= 4 is 12.0 Å². The van der Waals surface area contributed by atoms with Crippen molar-refractivity contribution in [3.05, 3.63) is 120 Å². The summed E-state index contributed by atoms with van der Waals surface area (Å²) in [6, 6.07) is 27.9. The summed E-state index contributed by atoms with van der Waals surface area (Å²) in [5.74, 6) is 1.18. The van der Waals surface area contributed by atoms with Crippen molar-refractivity contribution in [3.63, 3.8) is 0 Å². The van der Waals surface area contributed by atoms with E-state index < -0.39 is 5.60 Å². The van der Waals surface area contributed by atoms with E-state index in [9.17, 15) is 9.59 Å². The van der Waals surface area contributed by atoms with Gasteiger partial charge in [0.2, 0.25) is 0 Å². The first-order valence-corrected chi connectivity index (χ1v) is 16.7. The van der Waals surface area contributed by atoms with Gasteiger partial charge in [-0.15, -0.1) is 0 Å².